The number of morpholine rings is 1. The third-order valence-electron chi connectivity index (χ3n) is 4.17. The first kappa shape index (κ1) is 16.7. The van der Waals surface area contributed by atoms with E-state index in [0.717, 1.165) is 31.7 Å². The Labute approximate surface area is 141 Å². The highest BCUT2D eigenvalue weighted by Gasteiger charge is 2.18. The predicted molar refractivity (Wildman–Crippen MR) is 89.1 cm³/mol. The van der Waals surface area contributed by atoms with Crippen molar-refractivity contribution >= 4 is 17.5 Å². The van der Waals surface area contributed by atoms with E-state index in [0.29, 0.717) is 18.0 Å². The monoisotopic (exact) mass is 333 g/mol. The zero-order chi connectivity index (χ0) is 16.9. The van der Waals surface area contributed by atoms with Gasteiger partial charge in [-0.25, -0.2) is 0 Å². The lowest BCUT2D eigenvalue weighted by Crippen LogP contribution is -2.41. The van der Waals surface area contributed by atoms with Crippen LogP contribution in [0.5, 0.6) is 5.75 Å². The summed E-state index contributed by atoms with van der Waals surface area (Å²) in [5.74, 6) is 0.418. The zero-order valence-electron chi connectivity index (χ0n) is 13.8. The first-order valence-corrected chi connectivity index (χ1v) is 8.22. The summed E-state index contributed by atoms with van der Waals surface area (Å²) in [6.07, 6.45) is 1.26. The third kappa shape index (κ3) is 4.46. The van der Waals surface area contributed by atoms with Crippen LogP contribution in [0.1, 0.15) is 12.0 Å². The van der Waals surface area contributed by atoms with Gasteiger partial charge in [0.05, 0.1) is 24.8 Å². The van der Waals surface area contributed by atoms with Gasteiger partial charge in [0, 0.05) is 19.6 Å². The maximum atomic E-state index is 12.1. The van der Waals surface area contributed by atoms with Crippen molar-refractivity contribution in [1.82, 2.24) is 10.2 Å². The number of carbonyl (C=O) groups excluding carboxylic acids is 2. The largest absolute Gasteiger partial charge is 0.482 e. The average molecular weight is 333 g/mol. The molecule has 2 aliphatic heterocycles. The molecule has 1 atom stereocenters. The van der Waals surface area contributed by atoms with Gasteiger partial charge in [0.25, 0.3) is 5.91 Å². The van der Waals surface area contributed by atoms with Crippen molar-refractivity contribution in [1.29, 1.82) is 0 Å². The molecule has 130 valence electrons. The van der Waals surface area contributed by atoms with E-state index in [1.54, 1.807) is 12.1 Å². The van der Waals surface area contributed by atoms with Crippen LogP contribution in [0.15, 0.2) is 18.2 Å². The minimum Gasteiger partial charge on any atom is -0.482 e. The van der Waals surface area contributed by atoms with E-state index in [1.165, 1.54) is 0 Å². The number of rotatable bonds is 5. The summed E-state index contributed by atoms with van der Waals surface area (Å²) >= 11 is 0. The molecule has 0 spiro atoms. The molecule has 0 radical (unpaired) electrons. The van der Waals surface area contributed by atoms with E-state index >= 15 is 0 Å². The Kier molecular flexibility index (Phi) is 5.32. The molecule has 2 heterocycles. The lowest BCUT2D eigenvalue weighted by molar-refractivity contribution is -0.120. The van der Waals surface area contributed by atoms with Crippen molar-refractivity contribution in [3.05, 3.63) is 23.8 Å². The summed E-state index contributed by atoms with van der Waals surface area (Å²) in [6.45, 7) is 3.24. The number of nitrogens with zero attached hydrogens (tertiary/aromatic N) is 1. The molecule has 1 fully saturated rings. The SMILES string of the molecule is CN1CCOC(CCNC(=O)Cc2ccc3c(c2)NC(=O)CO3)C1. The number of anilines is 1. The van der Waals surface area contributed by atoms with Crippen LogP contribution in [-0.2, 0) is 20.7 Å². The van der Waals surface area contributed by atoms with Crippen LogP contribution in [-0.4, -0.2) is 62.7 Å². The molecule has 1 saturated heterocycles. The molecule has 0 aliphatic carbocycles. The van der Waals surface area contributed by atoms with E-state index in [9.17, 15) is 9.59 Å². The number of nitrogens with one attached hydrogen (secondary N) is 2. The number of ether oxygens (including phenoxy) is 2. The van der Waals surface area contributed by atoms with Gasteiger partial charge < -0.3 is 25.0 Å². The molecule has 3 rings (SSSR count). The number of hydrogen-bond donors (Lipinski definition) is 2. The molecule has 1 aromatic rings. The normalized spacial score (nSPS) is 20.7. The van der Waals surface area contributed by atoms with Crippen LogP contribution in [0.2, 0.25) is 0 Å². The number of carbonyl (C=O) groups is 2. The third-order valence-corrected chi connectivity index (χ3v) is 4.17. The van der Waals surface area contributed by atoms with Gasteiger partial charge in [0.1, 0.15) is 5.75 Å². The molecule has 2 N–H and O–H groups in total. The van der Waals surface area contributed by atoms with Crippen molar-refractivity contribution in [3.63, 3.8) is 0 Å². The first-order valence-electron chi connectivity index (χ1n) is 8.22. The van der Waals surface area contributed by atoms with E-state index < -0.39 is 0 Å². The maximum absolute atomic E-state index is 12.1. The molecule has 7 heteroatoms. The fourth-order valence-electron chi connectivity index (χ4n) is 2.90. The number of likely N-dealkylation sites (N-methyl/N-ethyl adjacent to an activating group) is 1. The highest BCUT2D eigenvalue weighted by atomic mass is 16.5. The number of fused-ring (bicyclic) bond motifs is 1. The Hall–Kier alpha value is -2.12. The molecule has 0 saturated carbocycles. The summed E-state index contributed by atoms with van der Waals surface area (Å²) < 4.78 is 11.0. The fourth-order valence-corrected chi connectivity index (χ4v) is 2.90. The maximum Gasteiger partial charge on any atom is 0.262 e. The molecule has 0 bridgehead atoms. The van der Waals surface area contributed by atoms with Crippen LogP contribution < -0.4 is 15.4 Å². The lowest BCUT2D eigenvalue weighted by Gasteiger charge is -2.30. The summed E-state index contributed by atoms with van der Waals surface area (Å²) in [6, 6.07) is 5.41. The summed E-state index contributed by atoms with van der Waals surface area (Å²) in [5.41, 5.74) is 1.46. The van der Waals surface area contributed by atoms with Crippen molar-refractivity contribution in [2.24, 2.45) is 0 Å². The number of amides is 2. The summed E-state index contributed by atoms with van der Waals surface area (Å²) in [4.78, 5) is 25.6. The Bertz CT molecular complexity index is 620. The van der Waals surface area contributed by atoms with Gasteiger partial charge >= 0.3 is 0 Å². The highest BCUT2D eigenvalue weighted by Crippen LogP contribution is 2.28. The van der Waals surface area contributed by atoms with Gasteiger partial charge in [0.15, 0.2) is 6.61 Å². The van der Waals surface area contributed by atoms with E-state index in [1.807, 2.05) is 6.07 Å². The minimum atomic E-state index is -0.179. The average Bonchev–Trinajstić information content (AvgIpc) is 2.54. The van der Waals surface area contributed by atoms with Gasteiger partial charge in [-0.1, -0.05) is 6.07 Å². The molecule has 2 aliphatic rings. The fraction of sp³-hybridized carbons (Fsp3) is 0.529. The second-order valence-electron chi connectivity index (χ2n) is 6.24. The smallest absolute Gasteiger partial charge is 0.262 e. The molecule has 2 amide bonds. The van der Waals surface area contributed by atoms with E-state index in [2.05, 4.69) is 22.6 Å². The first-order chi connectivity index (χ1) is 11.6. The topological polar surface area (TPSA) is 79.9 Å². The van der Waals surface area contributed by atoms with Crippen molar-refractivity contribution in [2.75, 3.05) is 45.2 Å². The van der Waals surface area contributed by atoms with Crippen LogP contribution in [0, 0.1) is 0 Å². The quantitative estimate of drug-likeness (QED) is 0.815. The number of benzene rings is 1. The van der Waals surface area contributed by atoms with Crippen molar-refractivity contribution < 1.29 is 19.1 Å². The molecule has 24 heavy (non-hydrogen) atoms. The minimum absolute atomic E-state index is 0.0330. The molecular weight excluding hydrogens is 310 g/mol. The van der Waals surface area contributed by atoms with Gasteiger partial charge in [-0.15, -0.1) is 0 Å². The Morgan fingerprint density at radius 3 is 3.17 bits per heavy atom. The van der Waals surface area contributed by atoms with Gasteiger partial charge in [-0.2, -0.15) is 0 Å². The van der Waals surface area contributed by atoms with Gasteiger partial charge in [-0.3, -0.25) is 9.59 Å². The second-order valence-corrected chi connectivity index (χ2v) is 6.24. The van der Waals surface area contributed by atoms with Crippen LogP contribution in [0.3, 0.4) is 0 Å². The molecule has 1 unspecified atom stereocenters. The molecule has 1 aromatic carbocycles. The van der Waals surface area contributed by atoms with E-state index in [4.69, 9.17) is 9.47 Å². The molecule has 7 nitrogen and oxygen atoms in total. The Balaban J connectivity index is 1.45. The molecular formula is C17H23N3O4. The number of hydrogen-bond acceptors (Lipinski definition) is 5. The zero-order valence-corrected chi connectivity index (χ0v) is 13.8. The Morgan fingerprint density at radius 1 is 1.46 bits per heavy atom. The van der Waals surface area contributed by atoms with Gasteiger partial charge in [0.2, 0.25) is 5.91 Å². The second kappa shape index (κ2) is 7.63. The highest BCUT2D eigenvalue weighted by molar-refractivity contribution is 5.95. The lowest BCUT2D eigenvalue weighted by atomic mass is 10.1. The van der Waals surface area contributed by atoms with Crippen LogP contribution in [0.4, 0.5) is 5.69 Å². The van der Waals surface area contributed by atoms with Crippen molar-refractivity contribution in [3.8, 4) is 5.75 Å². The standard InChI is InChI=1S/C17H23N3O4/c1-20-6-7-23-13(10-20)4-5-18-16(21)9-12-2-3-15-14(8-12)19-17(22)11-24-15/h2-3,8,13H,4-7,9-11H2,1H3,(H,18,21)(H,19,22). The van der Waals surface area contributed by atoms with E-state index in [-0.39, 0.29) is 30.9 Å². The summed E-state index contributed by atoms with van der Waals surface area (Å²) in [7, 11) is 2.08. The van der Waals surface area contributed by atoms with Crippen molar-refractivity contribution in [2.45, 2.75) is 18.9 Å². The van der Waals surface area contributed by atoms with Gasteiger partial charge in [-0.05, 0) is 31.2 Å². The van der Waals surface area contributed by atoms with Crippen LogP contribution >= 0.6 is 0 Å². The van der Waals surface area contributed by atoms with Crippen LogP contribution in [0.25, 0.3) is 0 Å². The molecule has 0 aromatic heterocycles. The Morgan fingerprint density at radius 2 is 2.33 bits per heavy atom. The summed E-state index contributed by atoms with van der Waals surface area (Å²) in [5, 5.41) is 5.67. The predicted octanol–water partition coefficient (Wildman–Crippen LogP) is 0.397.